The van der Waals surface area contributed by atoms with E-state index in [1.165, 1.54) is 128 Å². The van der Waals surface area contributed by atoms with Gasteiger partial charge in [0.1, 0.15) is 0 Å². The van der Waals surface area contributed by atoms with E-state index in [1.54, 1.807) is 0 Å². The molecule has 3 heteroatoms. The molecular weight excluding hydrogens is 462 g/mol. The zero-order valence-corrected chi connectivity index (χ0v) is 24.8. The van der Waals surface area contributed by atoms with Crippen LogP contribution in [0.3, 0.4) is 0 Å². The highest BCUT2D eigenvalue weighted by Gasteiger charge is 2.44. The Kier molecular flexibility index (Phi) is 10.5. The predicted molar refractivity (Wildman–Crippen MR) is 163 cm³/mol. The Hall–Kier alpha value is -0.640. The number of hydrogen-bond donors (Lipinski definition) is 3. The second kappa shape index (κ2) is 13.8. The maximum absolute atomic E-state index is 7.28. The molecule has 0 aromatic rings. The van der Waals surface area contributed by atoms with Crippen LogP contribution < -0.4 is 16.8 Å². The average Bonchev–Trinajstić information content (AvgIpc) is 2.98. The van der Waals surface area contributed by atoms with Crippen LogP contribution in [0.1, 0.15) is 135 Å². The molecule has 5 atom stereocenters. The molecule has 5 rings (SSSR count). The Balaban J connectivity index is 1.12. The second-order valence-corrected chi connectivity index (χ2v) is 14.7. The molecule has 0 saturated heterocycles. The number of nitrogens with two attached hydrogens (primary N) is 2. The molecule has 5 aliphatic carbocycles. The maximum atomic E-state index is 7.28. The highest BCUT2D eigenvalue weighted by atomic mass is 15.0. The van der Waals surface area contributed by atoms with Crippen LogP contribution >= 0.6 is 0 Å². The van der Waals surface area contributed by atoms with Gasteiger partial charge in [0.05, 0.1) is 0 Å². The van der Waals surface area contributed by atoms with E-state index in [0.29, 0.717) is 23.4 Å². The van der Waals surface area contributed by atoms with E-state index in [2.05, 4.69) is 36.5 Å². The van der Waals surface area contributed by atoms with Gasteiger partial charge >= 0.3 is 0 Å². The molecule has 3 fully saturated rings. The van der Waals surface area contributed by atoms with Crippen LogP contribution in [0.15, 0.2) is 24.3 Å². The number of allylic oxidation sites excluding steroid dienone is 3. The maximum Gasteiger partial charge on any atom is 0.0223 e. The molecule has 5 N–H and O–H groups in total. The lowest BCUT2D eigenvalue weighted by Gasteiger charge is -2.49. The lowest BCUT2D eigenvalue weighted by molar-refractivity contribution is 0.0455. The van der Waals surface area contributed by atoms with Crippen molar-refractivity contribution in [2.75, 3.05) is 0 Å². The van der Waals surface area contributed by atoms with Crippen LogP contribution in [0.5, 0.6) is 0 Å². The van der Waals surface area contributed by atoms with Crippen molar-refractivity contribution in [2.45, 2.75) is 160 Å². The monoisotopic (exact) mass is 523 g/mol. The summed E-state index contributed by atoms with van der Waals surface area (Å²) in [6.07, 6.45) is 37.0. The highest BCUT2D eigenvalue weighted by Crippen LogP contribution is 2.48. The summed E-state index contributed by atoms with van der Waals surface area (Å²) < 4.78 is 0. The molecule has 0 radical (unpaired) electrons. The lowest BCUT2D eigenvalue weighted by atomic mass is 9.59. The standard InChI is InChI=1S/C35H61N3/c1-35(25-24-26-8-4-2-5-9-26,34(37)29-10-6-3-7-11-29)30-16-22-33(23-17-30)38-32-20-14-28(15-21-32)27-12-18-31(36)19-13-27/h3,6,12,18,26-34,38H,2,4-5,7-11,13-17,19-25,36-37H2,1H3/t27?,28?,29?,30?,31?,32?,33?,34-,35?/m1/s1. The lowest BCUT2D eigenvalue weighted by Crippen LogP contribution is -2.52. The fourth-order valence-electron chi connectivity index (χ4n) is 9.54. The SMILES string of the molecule is CC(CCC1CCCCC1)(C1CCC(NC2CCC(C3C=CC(N)CC3)CC2)CC1)[C@H](N)C1CC=CCC1. The van der Waals surface area contributed by atoms with Crippen LogP contribution in [0.4, 0.5) is 0 Å². The van der Waals surface area contributed by atoms with Crippen molar-refractivity contribution in [3.05, 3.63) is 24.3 Å². The van der Waals surface area contributed by atoms with E-state index in [4.69, 9.17) is 11.5 Å². The number of rotatable bonds is 9. The fourth-order valence-corrected chi connectivity index (χ4v) is 9.54. The Labute approximate surface area is 235 Å². The van der Waals surface area contributed by atoms with Crippen molar-refractivity contribution in [3.8, 4) is 0 Å². The summed E-state index contributed by atoms with van der Waals surface area (Å²) in [5.74, 6) is 4.16. The molecule has 4 unspecified atom stereocenters. The average molecular weight is 524 g/mol. The Morgan fingerprint density at radius 3 is 2.13 bits per heavy atom. The van der Waals surface area contributed by atoms with Gasteiger partial charge in [-0.2, -0.15) is 0 Å². The van der Waals surface area contributed by atoms with Crippen LogP contribution in [-0.4, -0.2) is 24.2 Å². The molecule has 3 saturated carbocycles. The molecule has 0 heterocycles. The third-order valence-electron chi connectivity index (χ3n) is 12.3. The minimum absolute atomic E-state index is 0.308. The summed E-state index contributed by atoms with van der Waals surface area (Å²) in [5, 5.41) is 4.16. The smallest absolute Gasteiger partial charge is 0.0223 e. The minimum Gasteiger partial charge on any atom is -0.327 e. The molecule has 216 valence electrons. The molecule has 0 aromatic carbocycles. The van der Waals surface area contributed by atoms with E-state index >= 15 is 0 Å². The highest BCUT2D eigenvalue weighted by molar-refractivity contribution is 5.04. The fraction of sp³-hybridized carbons (Fsp3) is 0.886. The van der Waals surface area contributed by atoms with Crippen molar-refractivity contribution < 1.29 is 0 Å². The first kappa shape index (κ1) is 28.9. The van der Waals surface area contributed by atoms with Crippen LogP contribution in [0.2, 0.25) is 0 Å². The molecule has 0 amide bonds. The third kappa shape index (κ3) is 7.35. The molecule has 0 spiro atoms. The zero-order chi connectivity index (χ0) is 26.4. The molecular formula is C35H61N3. The summed E-state index contributed by atoms with van der Waals surface area (Å²) in [6.45, 7) is 2.63. The van der Waals surface area contributed by atoms with Gasteiger partial charge in [-0.05, 0) is 131 Å². The largest absolute Gasteiger partial charge is 0.327 e. The number of nitrogens with one attached hydrogen (secondary N) is 1. The van der Waals surface area contributed by atoms with Crippen molar-refractivity contribution in [1.82, 2.24) is 5.32 Å². The van der Waals surface area contributed by atoms with E-state index in [0.717, 1.165) is 35.8 Å². The van der Waals surface area contributed by atoms with Crippen molar-refractivity contribution >= 4 is 0 Å². The first-order valence-corrected chi connectivity index (χ1v) is 17.1. The second-order valence-electron chi connectivity index (χ2n) is 14.7. The Morgan fingerprint density at radius 2 is 1.50 bits per heavy atom. The van der Waals surface area contributed by atoms with Gasteiger partial charge in [-0.15, -0.1) is 0 Å². The number of hydrogen-bond acceptors (Lipinski definition) is 3. The van der Waals surface area contributed by atoms with Crippen molar-refractivity contribution in [2.24, 2.45) is 46.5 Å². The van der Waals surface area contributed by atoms with Gasteiger partial charge in [-0.25, -0.2) is 0 Å². The van der Waals surface area contributed by atoms with Crippen molar-refractivity contribution in [3.63, 3.8) is 0 Å². The van der Waals surface area contributed by atoms with E-state index in [1.807, 2.05) is 0 Å². The van der Waals surface area contributed by atoms with Gasteiger partial charge in [-0.1, -0.05) is 63.3 Å². The van der Waals surface area contributed by atoms with E-state index < -0.39 is 0 Å². The van der Waals surface area contributed by atoms with Crippen LogP contribution in [0.25, 0.3) is 0 Å². The minimum atomic E-state index is 0.308. The van der Waals surface area contributed by atoms with Gasteiger partial charge in [-0.3, -0.25) is 0 Å². The van der Waals surface area contributed by atoms with Gasteiger partial charge < -0.3 is 16.8 Å². The molecule has 0 aliphatic heterocycles. The first-order chi connectivity index (χ1) is 18.5. The first-order valence-electron chi connectivity index (χ1n) is 17.1. The molecule has 0 bridgehead atoms. The molecule has 3 nitrogen and oxygen atoms in total. The van der Waals surface area contributed by atoms with E-state index in [-0.39, 0.29) is 0 Å². The van der Waals surface area contributed by atoms with Crippen molar-refractivity contribution in [1.29, 1.82) is 0 Å². The summed E-state index contributed by atoms with van der Waals surface area (Å²) in [5.41, 5.74) is 13.7. The van der Waals surface area contributed by atoms with Gasteiger partial charge in [0.25, 0.3) is 0 Å². The molecule has 5 aliphatic rings. The summed E-state index contributed by atoms with van der Waals surface area (Å²) in [7, 11) is 0. The Bertz CT molecular complexity index is 753. The zero-order valence-electron chi connectivity index (χ0n) is 24.8. The van der Waals surface area contributed by atoms with Gasteiger partial charge in [0, 0.05) is 24.2 Å². The van der Waals surface area contributed by atoms with E-state index in [9.17, 15) is 0 Å². The van der Waals surface area contributed by atoms with Gasteiger partial charge in [0.15, 0.2) is 0 Å². The predicted octanol–water partition coefficient (Wildman–Crippen LogP) is 8.04. The Morgan fingerprint density at radius 1 is 0.789 bits per heavy atom. The summed E-state index contributed by atoms with van der Waals surface area (Å²) >= 11 is 0. The van der Waals surface area contributed by atoms with Crippen LogP contribution in [0, 0.1) is 35.0 Å². The molecule has 38 heavy (non-hydrogen) atoms. The van der Waals surface area contributed by atoms with Gasteiger partial charge in [0.2, 0.25) is 0 Å². The molecule has 0 aromatic heterocycles. The summed E-state index contributed by atoms with van der Waals surface area (Å²) in [6, 6.07) is 2.15. The topological polar surface area (TPSA) is 64.1 Å². The summed E-state index contributed by atoms with van der Waals surface area (Å²) in [4.78, 5) is 0. The third-order valence-corrected chi connectivity index (χ3v) is 12.3. The normalized spacial score (nSPS) is 39.5. The van der Waals surface area contributed by atoms with Crippen LogP contribution in [-0.2, 0) is 0 Å². The quantitative estimate of drug-likeness (QED) is 0.268.